The van der Waals surface area contributed by atoms with Gasteiger partial charge in [0.2, 0.25) is 0 Å². The maximum atomic E-state index is 12.0. The minimum atomic E-state index is -0.145. The van der Waals surface area contributed by atoms with Crippen LogP contribution in [0.4, 0.5) is 0 Å². The molecule has 3 nitrogen and oxygen atoms in total. The van der Waals surface area contributed by atoms with E-state index in [1.165, 1.54) is 25.7 Å². The van der Waals surface area contributed by atoms with Gasteiger partial charge in [0.25, 0.3) is 5.91 Å². The van der Waals surface area contributed by atoms with Gasteiger partial charge in [-0.25, -0.2) is 0 Å². The second-order valence-corrected chi connectivity index (χ2v) is 6.83. The largest absolute Gasteiger partial charge is 0.360 e. The topological polar surface area (TPSA) is 41.1 Å². The molecule has 0 aliphatic heterocycles. The summed E-state index contributed by atoms with van der Waals surface area (Å²) < 4.78 is 0. The molecule has 2 saturated carbocycles. The van der Waals surface area contributed by atoms with Gasteiger partial charge in [-0.2, -0.15) is 0 Å². The third kappa shape index (κ3) is 3.26. The molecule has 1 aromatic carbocycles. The fourth-order valence-corrected chi connectivity index (χ4v) is 4.30. The Balaban J connectivity index is 1.51. The smallest absolute Gasteiger partial charge is 0.257 e. The van der Waals surface area contributed by atoms with E-state index in [1.54, 1.807) is 12.1 Å². The van der Waals surface area contributed by atoms with Gasteiger partial charge >= 0.3 is 0 Å². The molecular formula is C17H22N2OS. The molecule has 2 aliphatic rings. The van der Waals surface area contributed by atoms with Crippen molar-refractivity contribution in [3.63, 3.8) is 0 Å². The van der Waals surface area contributed by atoms with E-state index < -0.39 is 0 Å². The maximum Gasteiger partial charge on any atom is 0.257 e. The van der Waals surface area contributed by atoms with Gasteiger partial charge in [-0.05, 0) is 68.3 Å². The molecule has 0 spiro atoms. The number of fused-ring (bicyclic) bond motifs is 2. The molecule has 2 aliphatic carbocycles. The second kappa shape index (κ2) is 6.14. The van der Waals surface area contributed by atoms with E-state index in [9.17, 15) is 4.79 Å². The predicted molar refractivity (Wildman–Crippen MR) is 88.0 cm³/mol. The number of hydrogen-bond acceptors (Lipinski definition) is 2. The Labute approximate surface area is 131 Å². The first-order valence-corrected chi connectivity index (χ1v) is 8.21. The van der Waals surface area contributed by atoms with Crippen LogP contribution in [0.25, 0.3) is 0 Å². The van der Waals surface area contributed by atoms with E-state index in [0.29, 0.717) is 22.6 Å². The molecule has 1 amide bonds. The summed E-state index contributed by atoms with van der Waals surface area (Å²) in [7, 11) is 0. The first-order chi connectivity index (χ1) is 10.1. The Bertz CT molecular complexity index is 531. The van der Waals surface area contributed by atoms with Crippen LogP contribution in [0.5, 0.6) is 0 Å². The molecule has 2 N–H and O–H groups in total. The number of thiocarbonyl (C=S) groups is 1. The van der Waals surface area contributed by atoms with E-state index >= 15 is 0 Å². The standard InChI is InChI=1S/C17H22N2OS/c1-11(15-10-12-7-8-14(15)9-12)18-17(21)19-16(20)13-5-3-2-4-6-13/h2-6,11-12,14-15H,7-10H2,1H3,(H2,18,19,20,21)/t11-,12-,14-,15-/m0/s1. The second-order valence-electron chi connectivity index (χ2n) is 6.42. The summed E-state index contributed by atoms with van der Waals surface area (Å²) in [6, 6.07) is 9.51. The highest BCUT2D eigenvalue weighted by atomic mass is 32.1. The predicted octanol–water partition coefficient (Wildman–Crippen LogP) is 3.12. The summed E-state index contributed by atoms with van der Waals surface area (Å²) in [4.78, 5) is 12.0. The van der Waals surface area contributed by atoms with Crippen molar-refractivity contribution in [1.82, 2.24) is 10.6 Å². The minimum Gasteiger partial charge on any atom is -0.360 e. The average molecular weight is 302 g/mol. The minimum absolute atomic E-state index is 0.145. The molecule has 0 radical (unpaired) electrons. The zero-order valence-corrected chi connectivity index (χ0v) is 13.2. The molecule has 21 heavy (non-hydrogen) atoms. The molecule has 0 aromatic heterocycles. The first-order valence-electron chi connectivity index (χ1n) is 7.80. The van der Waals surface area contributed by atoms with E-state index in [4.69, 9.17) is 12.2 Å². The van der Waals surface area contributed by atoms with Crippen LogP contribution in [-0.4, -0.2) is 17.1 Å². The molecule has 2 fully saturated rings. The molecule has 1 aromatic rings. The lowest BCUT2D eigenvalue weighted by molar-refractivity contribution is 0.0976. The van der Waals surface area contributed by atoms with Gasteiger partial charge in [0, 0.05) is 11.6 Å². The number of nitrogens with one attached hydrogen (secondary N) is 2. The van der Waals surface area contributed by atoms with Crippen LogP contribution in [-0.2, 0) is 0 Å². The van der Waals surface area contributed by atoms with Gasteiger partial charge in [-0.3, -0.25) is 10.1 Å². The number of amides is 1. The van der Waals surface area contributed by atoms with Crippen LogP contribution >= 0.6 is 12.2 Å². The molecule has 0 unspecified atom stereocenters. The van der Waals surface area contributed by atoms with Crippen LogP contribution in [0.2, 0.25) is 0 Å². The number of carbonyl (C=O) groups is 1. The Hall–Kier alpha value is -1.42. The van der Waals surface area contributed by atoms with Gasteiger partial charge < -0.3 is 5.32 Å². The lowest BCUT2D eigenvalue weighted by Crippen LogP contribution is -2.46. The quantitative estimate of drug-likeness (QED) is 0.843. The van der Waals surface area contributed by atoms with E-state index in [-0.39, 0.29) is 5.91 Å². The zero-order chi connectivity index (χ0) is 14.8. The molecule has 0 saturated heterocycles. The van der Waals surface area contributed by atoms with Crippen molar-refractivity contribution in [3.05, 3.63) is 35.9 Å². The average Bonchev–Trinajstić information content (AvgIpc) is 3.10. The third-order valence-corrected chi connectivity index (χ3v) is 5.28. The molecular weight excluding hydrogens is 280 g/mol. The Morgan fingerprint density at radius 1 is 1.24 bits per heavy atom. The lowest BCUT2D eigenvalue weighted by Gasteiger charge is -2.29. The summed E-state index contributed by atoms with van der Waals surface area (Å²) in [6.45, 7) is 2.19. The fourth-order valence-electron chi connectivity index (χ4n) is 4.02. The monoisotopic (exact) mass is 302 g/mol. The summed E-state index contributed by atoms with van der Waals surface area (Å²) in [6.07, 6.45) is 5.47. The highest BCUT2D eigenvalue weighted by molar-refractivity contribution is 7.80. The summed E-state index contributed by atoms with van der Waals surface area (Å²) >= 11 is 5.28. The normalized spacial score (nSPS) is 28.1. The van der Waals surface area contributed by atoms with Crippen LogP contribution < -0.4 is 10.6 Å². The third-order valence-electron chi connectivity index (χ3n) is 5.06. The molecule has 2 bridgehead atoms. The van der Waals surface area contributed by atoms with Crippen LogP contribution in [0, 0.1) is 17.8 Å². The van der Waals surface area contributed by atoms with Crippen LogP contribution in [0.1, 0.15) is 43.0 Å². The Morgan fingerprint density at radius 2 is 2.00 bits per heavy atom. The van der Waals surface area contributed by atoms with Gasteiger partial charge in [0.05, 0.1) is 0 Å². The number of hydrogen-bond donors (Lipinski definition) is 2. The molecule has 3 rings (SSSR count). The van der Waals surface area contributed by atoms with Gasteiger partial charge in [-0.15, -0.1) is 0 Å². The van der Waals surface area contributed by atoms with Crippen molar-refractivity contribution in [2.45, 2.75) is 38.6 Å². The van der Waals surface area contributed by atoms with Crippen LogP contribution in [0.3, 0.4) is 0 Å². The summed E-state index contributed by atoms with van der Waals surface area (Å²) in [5.74, 6) is 2.34. The molecule has 4 atom stereocenters. The van der Waals surface area contributed by atoms with Crippen molar-refractivity contribution in [1.29, 1.82) is 0 Å². The van der Waals surface area contributed by atoms with E-state index in [1.807, 2.05) is 18.2 Å². The number of rotatable bonds is 3. The van der Waals surface area contributed by atoms with Crippen molar-refractivity contribution in [2.75, 3.05) is 0 Å². The Morgan fingerprint density at radius 3 is 2.62 bits per heavy atom. The van der Waals surface area contributed by atoms with Gasteiger partial charge in [0.1, 0.15) is 0 Å². The number of carbonyl (C=O) groups excluding carboxylic acids is 1. The molecule has 4 heteroatoms. The van der Waals surface area contributed by atoms with Gasteiger partial charge in [-0.1, -0.05) is 24.6 Å². The number of benzene rings is 1. The summed E-state index contributed by atoms with van der Waals surface area (Å²) in [5, 5.41) is 6.53. The van der Waals surface area contributed by atoms with Crippen molar-refractivity contribution < 1.29 is 4.79 Å². The SMILES string of the molecule is C[C@H](NC(=S)NC(=O)c1ccccc1)[C@@H]1C[C@H]2CC[C@H]1C2. The van der Waals surface area contributed by atoms with Gasteiger partial charge in [0.15, 0.2) is 5.11 Å². The van der Waals surface area contributed by atoms with Crippen molar-refractivity contribution >= 4 is 23.2 Å². The van der Waals surface area contributed by atoms with E-state index in [2.05, 4.69) is 17.6 Å². The molecule has 112 valence electrons. The summed E-state index contributed by atoms with van der Waals surface area (Å²) in [5.41, 5.74) is 0.634. The fraction of sp³-hybridized carbons (Fsp3) is 0.529. The lowest BCUT2D eigenvalue weighted by atomic mass is 9.84. The highest BCUT2D eigenvalue weighted by Crippen LogP contribution is 2.49. The first kappa shape index (κ1) is 14.5. The van der Waals surface area contributed by atoms with Crippen molar-refractivity contribution in [3.8, 4) is 0 Å². The van der Waals surface area contributed by atoms with Crippen LogP contribution in [0.15, 0.2) is 30.3 Å². The van der Waals surface area contributed by atoms with E-state index in [0.717, 1.165) is 11.8 Å². The zero-order valence-electron chi connectivity index (χ0n) is 12.3. The maximum absolute atomic E-state index is 12.0. The highest BCUT2D eigenvalue weighted by Gasteiger charge is 2.41. The Kier molecular flexibility index (Phi) is 4.24. The van der Waals surface area contributed by atoms with Crippen molar-refractivity contribution in [2.24, 2.45) is 17.8 Å². The molecule has 0 heterocycles.